The largest absolute Gasteiger partial charge is 0.468 e. The maximum atomic E-state index is 7.42. The summed E-state index contributed by atoms with van der Waals surface area (Å²) in [6, 6.07) is 61.9. The molecule has 2 aliphatic heterocycles. The molecule has 0 fully saturated rings. The lowest BCUT2D eigenvalue weighted by molar-refractivity contribution is 0.590. The second-order valence-corrected chi connectivity index (χ2v) is 22.5. The summed E-state index contributed by atoms with van der Waals surface area (Å²) in [5.41, 5.74) is 25.8. The minimum Gasteiger partial charge on any atom is -0.468 e. The predicted octanol–water partition coefficient (Wildman–Crippen LogP) is 15.8. The Kier molecular flexibility index (Phi) is 9.45. The van der Waals surface area contributed by atoms with Crippen LogP contribution in [-0.4, -0.2) is 6.71 Å². The van der Waals surface area contributed by atoms with Gasteiger partial charge in [-0.05, 0) is 155 Å². The van der Waals surface area contributed by atoms with Gasteiger partial charge >= 0.3 is 0 Å². The van der Waals surface area contributed by atoms with E-state index in [9.17, 15) is 0 Å². The SMILES string of the molecule is Cc1ccc(N(c2ccc(C)cc2)c2cc3c(c4c2-c2ccccc2C4(C)C)B2c4oc5ccccc5c4N(c4ccc(C(C)(C)C)cc4)c4cc(C)cc(c42)N3c2ccc(C(C)(C)C)cc2)cc1. The fourth-order valence-electron chi connectivity index (χ4n) is 11.8. The van der Waals surface area contributed by atoms with Gasteiger partial charge in [0, 0.05) is 56.2 Å². The van der Waals surface area contributed by atoms with Crippen LogP contribution in [0, 0.1) is 20.8 Å². The number of furan rings is 1. The van der Waals surface area contributed by atoms with E-state index in [0.717, 1.165) is 50.8 Å². The summed E-state index contributed by atoms with van der Waals surface area (Å²) in [5, 5.41) is 1.11. The topological polar surface area (TPSA) is 22.9 Å². The average molecular weight is 898 g/mol. The number of benzene rings is 8. The van der Waals surface area contributed by atoms with Gasteiger partial charge in [0.15, 0.2) is 0 Å². The molecule has 12 rings (SSSR count). The fraction of sp³-hybridized carbons (Fsp3) is 0.219. The molecule has 340 valence electrons. The number of anilines is 9. The van der Waals surface area contributed by atoms with Crippen LogP contribution in [0.15, 0.2) is 168 Å². The van der Waals surface area contributed by atoms with Crippen LogP contribution in [0.2, 0.25) is 0 Å². The lowest BCUT2D eigenvalue weighted by Gasteiger charge is -2.45. The van der Waals surface area contributed by atoms with Crippen molar-refractivity contribution >= 4 is 85.5 Å². The quantitative estimate of drug-likeness (QED) is 0.161. The van der Waals surface area contributed by atoms with Gasteiger partial charge in [-0.15, -0.1) is 0 Å². The maximum Gasteiger partial charge on any atom is 0.297 e. The second kappa shape index (κ2) is 15.1. The van der Waals surface area contributed by atoms with Crippen molar-refractivity contribution in [2.24, 2.45) is 0 Å². The van der Waals surface area contributed by atoms with Gasteiger partial charge in [-0.2, -0.15) is 0 Å². The van der Waals surface area contributed by atoms with Crippen molar-refractivity contribution in [2.45, 2.75) is 92.4 Å². The first-order valence-corrected chi connectivity index (χ1v) is 24.7. The Bertz CT molecular complexity index is 3470. The number of hydrogen-bond acceptors (Lipinski definition) is 4. The van der Waals surface area contributed by atoms with Gasteiger partial charge in [0.1, 0.15) is 5.58 Å². The third-order valence-corrected chi connectivity index (χ3v) is 15.3. The third kappa shape index (κ3) is 6.57. The fourth-order valence-corrected chi connectivity index (χ4v) is 11.8. The van der Waals surface area contributed by atoms with E-state index in [1.807, 2.05) is 0 Å². The minimum atomic E-state index is -0.380. The van der Waals surface area contributed by atoms with E-state index in [1.54, 1.807) is 0 Å². The van der Waals surface area contributed by atoms with E-state index in [0.29, 0.717) is 0 Å². The Balaban J connectivity index is 1.25. The first-order valence-electron chi connectivity index (χ1n) is 24.7. The number of fused-ring (bicyclic) bond motifs is 10. The number of aryl methyl sites for hydroxylation is 3. The van der Waals surface area contributed by atoms with Gasteiger partial charge < -0.3 is 19.1 Å². The van der Waals surface area contributed by atoms with Gasteiger partial charge in [0.25, 0.3) is 6.71 Å². The first-order chi connectivity index (χ1) is 33.0. The van der Waals surface area contributed by atoms with Crippen molar-refractivity contribution in [1.29, 1.82) is 0 Å². The molecular formula is C64H60BN3O. The summed E-state index contributed by atoms with van der Waals surface area (Å²) >= 11 is 0. The highest BCUT2D eigenvalue weighted by atomic mass is 16.3. The van der Waals surface area contributed by atoms with Crippen molar-refractivity contribution in [2.75, 3.05) is 14.7 Å². The standard InChI is InChI=1S/C64H60BN3O/c1-39-20-28-44(29-21-39)66(45-30-22-40(2)23-31-45)51-38-54-59(57-56(51)48-16-12-14-18-50(48)64(57,10)11)65-58-52(67(54)46-32-24-42(25-33-46)62(4,5)6)36-41(3)37-53(58)68(47-34-26-43(27-35-47)63(7,8)9)60-49-17-13-15-19-55(49)69-61(60)65/h12-38H,1-11H3. The summed E-state index contributed by atoms with van der Waals surface area (Å²) in [6.07, 6.45) is 0. The molecule has 0 amide bonds. The first kappa shape index (κ1) is 43.1. The van der Waals surface area contributed by atoms with Gasteiger partial charge in [0.05, 0.1) is 17.0 Å². The molecular weight excluding hydrogens is 838 g/mol. The van der Waals surface area contributed by atoms with Gasteiger partial charge in [-0.25, -0.2) is 0 Å². The van der Waals surface area contributed by atoms with Crippen molar-refractivity contribution in [3.05, 3.63) is 203 Å². The molecule has 4 nitrogen and oxygen atoms in total. The van der Waals surface area contributed by atoms with E-state index in [-0.39, 0.29) is 23.0 Å². The van der Waals surface area contributed by atoms with Crippen molar-refractivity contribution in [3.8, 4) is 11.1 Å². The van der Waals surface area contributed by atoms with Crippen LogP contribution in [0.3, 0.4) is 0 Å². The molecule has 3 aliphatic rings. The Morgan fingerprint density at radius 1 is 0.522 bits per heavy atom. The molecule has 69 heavy (non-hydrogen) atoms. The van der Waals surface area contributed by atoms with Gasteiger partial charge in [-0.3, -0.25) is 0 Å². The molecule has 1 aliphatic carbocycles. The zero-order valence-corrected chi connectivity index (χ0v) is 41.9. The zero-order chi connectivity index (χ0) is 47.9. The maximum absolute atomic E-state index is 7.42. The lowest BCUT2D eigenvalue weighted by Crippen LogP contribution is -2.62. The van der Waals surface area contributed by atoms with Crippen LogP contribution in [-0.2, 0) is 16.2 Å². The summed E-state index contributed by atoms with van der Waals surface area (Å²) in [4.78, 5) is 7.60. The summed E-state index contributed by atoms with van der Waals surface area (Å²) in [6.45, 7) is 25.0. The Hall–Kier alpha value is -7.24. The highest BCUT2D eigenvalue weighted by Crippen LogP contribution is 2.58. The third-order valence-electron chi connectivity index (χ3n) is 15.3. The summed E-state index contributed by atoms with van der Waals surface area (Å²) in [7, 11) is 0. The second-order valence-electron chi connectivity index (χ2n) is 22.5. The lowest BCUT2D eigenvalue weighted by atomic mass is 9.34. The highest BCUT2D eigenvalue weighted by molar-refractivity contribution is 7.00. The Morgan fingerprint density at radius 3 is 1.61 bits per heavy atom. The molecule has 0 radical (unpaired) electrons. The number of rotatable bonds is 5. The van der Waals surface area contributed by atoms with Crippen LogP contribution in [0.5, 0.6) is 0 Å². The van der Waals surface area contributed by atoms with Crippen LogP contribution in [0.1, 0.15) is 94.3 Å². The number of nitrogens with zero attached hydrogens (tertiary/aromatic N) is 3. The van der Waals surface area contributed by atoms with Crippen molar-refractivity contribution < 1.29 is 4.42 Å². The van der Waals surface area contributed by atoms with Crippen LogP contribution in [0.4, 0.5) is 51.2 Å². The Morgan fingerprint density at radius 2 is 1.03 bits per heavy atom. The molecule has 0 saturated heterocycles. The molecule has 1 aromatic heterocycles. The summed E-state index contributed by atoms with van der Waals surface area (Å²) in [5.74, 6) is 0. The van der Waals surface area contributed by atoms with E-state index in [1.165, 1.54) is 78.1 Å². The summed E-state index contributed by atoms with van der Waals surface area (Å²) < 4.78 is 7.42. The zero-order valence-electron chi connectivity index (χ0n) is 41.9. The van der Waals surface area contributed by atoms with E-state index in [4.69, 9.17) is 4.42 Å². The molecule has 5 heteroatoms. The Labute approximate surface area is 409 Å². The normalized spacial score (nSPS) is 14.3. The molecule has 0 unspecified atom stereocenters. The van der Waals surface area contributed by atoms with E-state index >= 15 is 0 Å². The molecule has 0 spiro atoms. The van der Waals surface area contributed by atoms with Crippen LogP contribution in [0.25, 0.3) is 22.1 Å². The average Bonchev–Trinajstić information content (AvgIpc) is 3.82. The highest BCUT2D eigenvalue weighted by Gasteiger charge is 2.52. The number of para-hydroxylation sites is 1. The van der Waals surface area contributed by atoms with Crippen LogP contribution >= 0.6 is 0 Å². The predicted molar refractivity (Wildman–Crippen MR) is 294 cm³/mol. The minimum absolute atomic E-state index is 0.000958. The van der Waals surface area contributed by atoms with Crippen LogP contribution < -0.4 is 31.3 Å². The van der Waals surface area contributed by atoms with E-state index < -0.39 is 0 Å². The molecule has 0 atom stereocenters. The molecule has 8 aromatic carbocycles. The molecule has 9 aromatic rings. The smallest absolute Gasteiger partial charge is 0.297 e. The van der Waals surface area contributed by atoms with E-state index in [2.05, 4.69) is 255 Å². The van der Waals surface area contributed by atoms with Gasteiger partial charge in [-0.1, -0.05) is 151 Å². The van der Waals surface area contributed by atoms with Crippen molar-refractivity contribution in [3.63, 3.8) is 0 Å². The monoisotopic (exact) mass is 897 g/mol. The molecule has 0 bridgehead atoms. The number of hydrogen-bond donors (Lipinski definition) is 0. The molecule has 3 heterocycles. The van der Waals surface area contributed by atoms with Gasteiger partial charge in [0.2, 0.25) is 0 Å². The molecule has 0 N–H and O–H groups in total. The van der Waals surface area contributed by atoms with Crippen molar-refractivity contribution in [1.82, 2.24) is 0 Å². The molecule has 0 saturated carbocycles.